The Kier molecular flexibility index (Phi) is 5.13. The van der Waals surface area contributed by atoms with Gasteiger partial charge in [0.1, 0.15) is 0 Å². The van der Waals surface area contributed by atoms with Crippen LogP contribution >= 0.6 is 0 Å². The minimum atomic E-state index is -0.120. The lowest BCUT2D eigenvalue weighted by Gasteiger charge is -2.15. The van der Waals surface area contributed by atoms with Crippen LogP contribution in [0.5, 0.6) is 0 Å². The second-order valence-corrected chi connectivity index (χ2v) is 6.68. The summed E-state index contributed by atoms with van der Waals surface area (Å²) in [5.41, 5.74) is 4.88. The van der Waals surface area contributed by atoms with Crippen LogP contribution in [0.25, 0.3) is 0 Å². The van der Waals surface area contributed by atoms with Gasteiger partial charge in [-0.15, -0.1) is 0 Å². The van der Waals surface area contributed by atoms with E-state index in [-0.39, 0.29) is 6.10 Å². The third kappa shape index (κ3) is 3.82. The van der Waals surface area contributed by atoms with E-state index in [1.807, 2.05) is 6.07 Å². The quantitative estimate of drug-likeness (QED) is 0.862. The number of hydrogen-bond acceptors (Lipinski definition) is 3. The molecule has 0 aliphatic heterocycles. The van der Waals surface area contributed by atoms with Crippen LogP contribution in [0, 0.1) is 19.8 Å². The first-order chi connectivity index (χ1) is 11.1. The van der Waals surface area contributed by atoms with Crippen molar-refractivity contribution in [3.63, 3.8) is 0 Å². The molecule has 0 spiro atoms. The highest BCUT2D eigenvalue weighted by Crippen LogP contribution is 2.25. The van der Waals surface area contributed by atoms with Crippen molar-refractivity contribution in [3.05, 3.63) is 52.8 Å². The maximum absolute atomic E-state index is 9.91. The zero-order chi connectivity index (χ0) is 16.2. The van der Waals surface area contributed by atoms with E-state index < -0.39 is 0 Å². The molecule has 2 N–H and O–H groups in total. The van der Waals surface area contributed by atoms with E-state index >= 15 is 0 Å². The predicted molar refractivity (Wildman–Crippen MR) is 92.3 cm³/mol. The average molecular weight is 313 g/mol. The minimum absolute atomic E-state index is 0.120. The summed E-state index contributed by atoms with van der Waals surface area (Å²) < 4.78 is 2.09. The van der Waals surface area contributed by atoms with Crippen LogP contribution in [0.2, 0.25) is 0 Å². The fourth-order valence-electron chi connectivity index (χ4n) is 3.54. The van der Waals surface area contributed by atoms with E-state index in [2.05, 4.69) is 48.1 Å². The number of aliphatic hydroxyl groups is 1. The molecule has 1 aliphatic carbocycles. The predicted octanol–water partition coefficient (Wildman–Crippen LogP) is 2.80. The van der Waals surface area contributed by atoms with Gasteiger partial charge in [-0.05, 0) is 38.2 Å². The van der Waals surface area contributed by atoms with Crippen molar-refractivity contribution in [2.45, 2.75) is 52.3 Å². The lowest BCUT2D eigenvalue weighted by molar-refractivity contribution is 0.131. The van der Waals surface area contributed by atoms with Crippen molar-refractivity contribution in [1.82, 2.24) is 15.1 Å². The van der Waals surface area contributed by atoms with Crippen LogP contribution < -0.4 is 5.32 Å². The molecular weight excluding hydrogens is 286 g/mol. The van der Waals surface area contributed by atoms with E-state index in [4.69, 9.17) is 5.10 Å². The molecule has 2 atom stereocenters. The van der Waals surface area contributed by atoms with Crippen LogP contribution in [0.3, 0.4) is 0 Å². The Labute approximate surface area is 138 Å². The summed E-state index contributed by atoms with van der Waals surface area (Å²) >= 11 is 0. The van der Waals surface area contributed by atoms with Crippen molar-refractivity contribution in [3.8, 4) is 0 Å². The molecule has 0 radical (unpaired) electrons. The molecule has 1 aromatic heterocycles. The number of benzene rings is 1. The summed E-state index contributed by atoms with van der Waals surface area (Å²) in [5, 5.41) is 18.1. The van der Waals surface area contributed by atoms with Gasteiger partial charge in [-0.2, -0.15) is 5.10 Å². The molecule has 3 rings (SSSR count). The van der Waals surface area contributed by atoms with Crippen LogP contribution in [0.4, 0.5) is 0 Å². The molecule has 4 heteroatoms. The standard InChI is InChI=1S/C19H27N3O/c1-14-18(12-20-11-17-9-6-10-19(17)23)15(2)22(21-14)13-16-7-4-3-5-8-16/h3-5,7-8,17,19-20,23H,6,9-13H2,1-2H3. The molecule has 2 unspecified atom stereocenters. The highest BCUT2D eigenvalue weighted by molar-refractivity contribution is 5.26. The van der Waals surface area contributed by atoms with E-state index in [0.717, 1.165) is 44.6 Å². The van der Waals surface area contributed by atoms with Crippen LogP contribution in [0.1, 0.15) is 41.8 Å². The van der Waals surface area contributed by atoms with Crippen molar-refractivity contribution in [2.75, 3.05) is 6.54 Å². The Balaban J connectivity index is 1.61. The number of nitrogens with zero attached hydrogens (tertiary/aromatic N) is 2. The van der Waals surface area contributed by atoms with Gasteiger partial charge in [-0.25, -0.2) is 0 Å². The second-order valence-electron chi connectivity index (χ2n) is 6.68. The fourth-order valence-corrected chi connectivity index (χ4v) is 3.54. The summed E-state index contributed by atoms with van der Waals surface area (Å²) in [5.74, 6) is 0.412. The van der Waals surface area contributed by atoms with Gasteiger partial charge in [0.15, 0.2) is 0 Å². The second kappa shape index (κ2) is 7.28. The maximum Gasteiger partial charge on any atom is 0.0662 e. The Bertz CT molecular complexity index is 636. The van der Waals surface area contributed by atoms with Gasteiger partial charge in [0, 0.05) is 24.3 Å². The number of hydrogen-bond donors (Lipinski definition) is 2. The molecule has 1 aliphatic rings. The molecule has 1 fully saturated rings. The van der Waals surface area contributed by atoms with Crippen LogP contribution in [0.15, 0.2) is 30.3 Å². The lowest BCUT2D eigenvalue weighted by atomic mass is 10.1. The summed E-state index contributed by atoms with van der Waals surface area (Å²) in [6.45, 7) is 6.76. The molecule has 2 aromatic rings. The van der Waals surface area contributed by atoms with E-state index in [0.29, 0.717) is 5.92 Å². The van der Waals surface area contributed by atoms with E-state index in [1.165, 1.54) is 16.8 Å². The Morgan fingerprint density at radius 1 is 1.22 bits per heavy atom. The maximum atomic E-state index is 9.91. The van der Waals surface area contributed by atoms with E-state index in [1.54, 1.807) is 0 Å². The molecular formula is C19H27N3O. The molecule has 1 saturated carbocycles. The van der Waals surface area contributed by atoms with Crippen molar-refractivity contribution in [2.24, 2.45) is 5.92 Å². The zero-order valence-electron chi connectivity index (χ0n) is 14.1. The number of rotatable bonds is 6. The summed E-state index contributed by atoms with van der Waals surface area (Å²) in [7, 11) is 0. The fraction of sp³-hybridized carbons (Fsp3) is 0.526. The molecule has 0 saturated heterocycles. The summed E-state index contributed by atoms with van der Waals surface area (Å²) in [6, 6.07) is 10.4. The minimum Gasteiger partial charge on any atom is -0.393 e. The molecule has 23 heavy (non-hydrogen) atoms. The Hall–Kier alpha value is -1.65. The van der Waals surface area contributed by atoms with Crippen molar-refractivity contribution < 1.29 is 5.11 Å². The topological polar surface area (TPSA) is 50.1 Å². The monoisotopic (exact) mass is 313 g/mol. The highest BCUT2D eigenvalue weighted by Gasteiger charge is 2.24. The van der Waals surface area contributed by atoms with Crippen LogP contribution in [-0.4, -0.2) is 27.5 Å². The Morgan fingerprint density at radius 2 is 2.00 bits per heavy atom. The third-order valence-corrected chi connectivity index (χ3v) is 5.03. The van der Waals surface area contributed by atoms with E-state index in [9.17, 15) is 5.11 Å². The molecule has 0 amide bonds. The Morgan fingerprint density at radius 3 is 2.70 bits per heavy atom. The number of aliphatic hydroxyl groups excluding tert-OH is 1. The average Bonchev–Trinajstić information content (AvgIpc) is 3.06. The molecule has 1 heterocycles. The number of aromatic nitrogens is 2. The molecule has 124 valence electrons. The van der Waals surface area contributed by atoms with Crippen molar-refractivity contribution in [1.29, 1.82) is 0 Å². The smallest absolute Gasteiger partial charge is 0.0662 e. The van der Waals surface area contributed by atoms with Gasteiger partial charge in [0.2, 0.25) is 0 Å². The molecule has 0 bridgehead atoms. The first-order valence-electron chi connectivity index (χ1n) is 8.60. The van der Waals surface area contributed by atoms with Gasteiger partial charge in [0.25, 0.3) is 0 Å². The van der Waals surface area contributed by atoms with Gasteiger partial charge in [0.05, 0.1) is 18.3 Å². The number of aryl methyl sites for hydroxylation is 1. The molecule has 1 aromatic carbocycles. The third-order valence-electron chi connectivity index (χ3n) is 5.03. The first kappa shape index (κ1) is 16.2. The van der Waals surface area contributed by atoms with Gasteiger partial charge >= 0.3 is 0 Å². The van der Waals surface area contributed by atoms with Gasteiger partial charge < -0.3 is 10.4 Å². The van der Waals surface area contributed by atoms with Gasteiger partial charge in [-0.3, -0.25) is 4.68 Å². The largest absolute Gasteiger partial charge is 0.393 e. The van der Waals surface area contributed by atoms with Gasteiger partial charge in [-0.1, -0.05) is 36.8 Å². The summed E-state index contributed by atoms with van der Waals surface area (Å²) in [6.07, 6.45) is 3.13. The zero-order valence-corrected chi connectivity index (χ0v) is 14.1. The lowest BCUT2D eigenvalue weighted by Crippen LogP contribution is -2.27. The normalized spacial score (nSPS) is 21.0. The van der Waals surface area contributed by atoms with Crippen LogP contribution in [-0.2, 0) is 13.1 Å². The summed E-state index contributed by atoms with van der Waals surface area (Å²) in [4.78, 5) is 0. The first-order valence-corrected chi connectivity index (χ1v) is 8.60. The highest BCUT2D eigenvalue weighted by atomic mass is 16.3. The van der Waals surface area contributed by atoms with Crippen molar-refractivity contribution >= 4 is 0 Å². The SMILES string of the molecule is Cc1nn(Cc2ccccc2)c(C)c1CNCC1CCCC1O. The number of nitrogens with one attached hydrogen (secondary N) is 1. The molecule has 4 nitrogen and oxygen atoms in total.